The van der Waals surface area contributed by atoms with Gasteiger partial charge in [0.1, 0.15) is 122 Å². The van der Waals surface area contributed by atoms with Gasteiger partial charge < -0.3 is 14.0 Å². The van der Waals surface area contributed by atoms with E-state index in [-0.39, 0.29) is 33.4 Å². The molecule has 12 aromatic carbocycles. The first kappa shape index (κ1) is 63.0. The first-order valence-corrected chi connectivity index (χ1v) is 27.5. The van der Waals surface area contributed by atoms with Crippen molar-refractivity contribution < 1.29 is 93.0 Å². The smallest absolute Gasteiger partial charge is 0.489 e. The van der Waals surface area contributed by atoms with Crippen LogP contribution in [-0.2, 0) is 0 Å². The highest BCUT2D eigenvalue weighted by atomic mass is 19.2. The molecule has 0 aliphatic heterocycles. The number of halogens is 18. The van der Waals surface area contributed by atoms with Gasteiger partial charge in [-0.05, 0) is 194 Å². The average molecular weight is 1300 g/mol. The third-order valence-corrected chi connectivity index (χ3v) is 14.6. The lowest BCUT2D eigenvalue weighted by Gasteiger charge is -2.26. The van der Waals surface area contributed by atoms with E-state index in [0.29, 0.717) is 127 Å². The molecule has 0 aliphatic carbocycles. The number of benzene rings is 12. The van der Waals surface area contributed by atoms with Crippen molar-refractivity contribution in [1.29, 1.82) is 0 Å². The molecule has 12 aromatic rings. The molecule has 468 valence electrons. The van der Waals surface area contributed by atoms with E-state index in [0.717, 1.165) is 72.8 Å². The highest BCUT2D eigenvalue weighted by Crippen LogP contribution is 2.51. The van der Waals surface area contributed by atoms with Crippen molar-refractivity contribution in [3.8, 4) is 117 Å². The van der Waals surface area contributed by atoms with Gasteiger partial charge >= 0.3 is 7.32 Å². The Bertz CT molecular complexity index is 4370. The normalized spacial score (nSPS) is 11.3. The number of hydrogen-bond acceptors (Lipinski definition) is 3. The average Bonchev–Trinajstić information content (AvgIpc) is 0.764. The fraction of sp³-hybridized carbons (Fsp3) is 0. The van der Waals surface area contributed by atoms with Gasteiger partial charge in [0.15, 0.2) is 0 Å². The largest absolute Gasteiger partial charge is 0.864 e. The maximum atomic E-state index is 15.8. The van der Waals surface area contributed by atoms with Crippen LogP contribution in [0.3, 0.4) is 0 Å². The minimum absolute atomic E-state index is 0.327. The molecule has 94 heavy (non-hydrogen) atoms. The maximum absolute atomic E-state index is 15.8. The van der Waals surface area contributed by atoms with E-state index in [4.69, 9.17) is 14.0 Å². The summed E-state index contributed by atoms with van der Waals surface area (Å²) in [5.41, 5.74) is -8.80. The van der Waals surface area contributed by atoms with E-state index in [9.17, 15) is 0 Å². The molecule has 0 heterocycles. The lowest BCUT2D eigenvalue weighted by molar-refractivity contribution is 0.309. The van der Waals surface area contributed by atoms with Gasteiger partial charge in [-0.15, -0.1) is 0 Å². The van der Waals surface area contributed by atoms with E-state index in [1.807, 2.05) is 0 Å². The molecule has 0 aliphatic rings. The maximum Gasteiger partial charge on any atom is 0.864 e. The summed E-state index contributed by atoms with van der Waals surface area (Å²) in [6.45, 7) is 0. The van der Waals surface area contributed by atoms with Crippen molar-refractivity contribution >= 4 is 7.32 Å². The van der Waals surface area contributed by atoms with Crippen LogP contribution in [0.2, 0.25) is 0 Å². The van der Waals surface area contributed by atoms with Crippen molar-refractivity contribution in [2.24, 2.45) is 0 Å². The van der Waals surface area contributed by atoms with E-state index in [1.54, 1.807) is 0 Å². The fourth-order valence-corrected chi connectivity index (χ4v) is 11.2. The Morgan fingerprint density at radius 3 is 0.457 bits per heavy atom. The molecule has 0 saturated carbocycles. The van der Waals surface area contributed by atoms with Crippen molar-refractivity contribution in [3.05, 3.63) is 305 Å². The van der Waals surface area contributed by atoms with E-state index < -0.39 is 196 Å². The van der Waals surface area contributed by atoms with E-state index >= 15 is 79.0 Å². The second kappa shape index (κ2) is 25.5. The summed E-state index contributed by atoms with van der Waals surface area (Å²) in [5, 5.41) is 0. The van der Waals surface area contributed by atoms with Crippen LogP contribution in [-0.4, -0.2) is 7.32 Å². The van der Waals surface area contributed by atoms with Crippen molar-refractivity contribution in [2.45, 2.75) is 0 Å². The van der Waals surface area contributed by atoms with E-state index in [2.05, 4.69) is 0 Å². The summed E-state index contributed by atoms with van der Waals surface area (Å²) in [4.78, 5) is 0. The minimum Gasteiger partial charge on any atom is -0.489 e. The molecule has 0 aromatic heterocycles. The van der Waals surface area contributed by atoms with Gasteiger partial charge in [0.2, 0.25) is 0 Å². The third kappa shape index (κ3) is 13.4. The zero-order valence-electron chi connectivity index (χ0n) is 47.2. The fourth-order valence-electron chi connectivity index (χ4n) is 11.2. The van der Waals surface area contributed by atoms with Gasteiger partial charge in [0.25, 0.3) is 0 Å². The van der Waals surface area contributed by atoms with Gasteiger partial charge in [-0.25, -0.2) is 79.0 Å². The Labute approximate surface area is 520 Å². The van der Waals surface area contributed by atoms with Crippen molar-refractivity contribution in [3.63, 3.8) is 0 Å². The molecular weight excluding hydrogens is 1270 g/mol. The first-order chi connectivity index (χ1) is 44.8. The summed E-state index contributed by atoms with van der Waals surface area (Å²) in [7, 11) is -2.77. The highest BCUT2D eigenvalue weighted by Gasteiger charge is 2.37. The molecule has 0 saturated heterocycles. The van der Waals surface area contributed by atoms with Crippen LogP contribution < -0.4 is 14.0 Å². The Balaban J connectivity index is 1.21. The number of hydrogen-bond donors (Lipinski definition) is 0. The molecule has 0 atom stereocenters. The second-order valence-corrected chi connectivity index (χ2v) is 21.1. The molecule has 3 nitrogen and oxygen atoms in total. The van der Waals surface area contributed by atoms with Crippen molar-refractivity contribution in [1.82, 2.24) is 0 Å². The molecular formula is C72H33BF18O3. The minimum atomic E-state index is -2.77. The standard InChI is InChI=1S/C72H33BF18O3/c74-43-7-34(8-44(75)25-43)61-1-4-64(70(40-19-55(86)31-56(87)20-40)67(61)37-13-49(80)28-50(81)14-37)92-73(93-65-5-2-62(35-9-45(76)26-46(77)10-35)68(38-15-51(82)29-52(83)16-38)71(65)41-21-57(88)32-58(89)22-41)94-66-6-3-63(36-11-47(78)27-48(79)12-36)69(39-17-53(84)30-54(85)18-39)72(66)42-23-59(90)33-60(91)24-42/h1-33H. The molecule has 0 N–H and O–H groups in total. The van der Waals surface area contributed by atoms with Gasteiger partial charge in [-0.2, -0.15) is 0 Å². The second-order valence-electron chi connectivity index (χ2n) is 21.1. The highest BCUT2D eigenvalue weighted by molar-refractivity contribution is 6.40. The summed E-state index contributed by atoms with van der Waals surface area (Å²) in [6, 6.07) is 23.0. The lowest BCUT2D eigenvalue weighted by Crippen LogP contribution is -2.37. The summed E-state index contributed by atoms with van der Waals surface area (Å²) >= 11 is 0. The predicted molar refractivity (Wildman–Crippen MR) is 315 cm³/mol. The Kier molecular flexibility index (Phi) is 17.1. The summed E-state index contributed by atoms with van der Waals surface area (Å²) in [6.07, 6.45) is 0. The Morgan fingerprint density at radius 2 is 0.298 bits per heavy atom. The lowest BCUT2D eigenvalue weighted by atomic mass is 9.86. The van der Waals surface area contributed by atoms with Gasteiger partial charge in [-0.1, -0.05) is 18.2 Å². The topological polar surface area (TPSA) is 27.7 Å². The molecule has 0 spiro atoms. The van der Waals surface area contributed by atoms with Crippen LogP contribution in [0, 0.1) is 105 Å². The number of rotatable bonds is 15. The molecule has 22 heteroatoms. The molecule has 0 bridgehead atoms. The van der Waals surface area contributed by atoms with Crippen molar-refractivity contribution in [2.75, 3.05) is 0 Å². The van der Waals surface area contributed by atoms with Crippen LogP contribution in [0.25, 0.3) is 100 Å². The van der Waals surface area contributed by atoms with Crippen LogP contribution >= 0.6 is 0 Å². The quantitative estimate of drug-likeness (QED) is 0.0756. The first-order valence-electron chi connectivity index (χ1n) is 27.5. The van der Waals surface area contributed by atoms with E-state index in [1.165, 1.54) is 0 Å². The zero-order chi connectivity index (χ0) is 66.5. The predicted octanol–water partition coefficient (Wildman–Crippen LogP) is 21.7. The monoisotopic (exact) mass is 1300 g/mol. The molecule has 0 unspecified atom stereocenters. The SMILES string of the molecule is Fc1cc(F)cc(-c2ccc(OB(Oc3ccc(-c4cc(F)cc(F)c4)c(-c4cc(F)cc(F)c4)c3-c3cc(F)cc(F)c3)Oc3ccc(-c4cc(F)cc(F)c4)c(-c4cc(F)cc(F)c4)c3-c3cc(F)cc(F)c3)c(-c3cc(F)cc(F)c3)c2-c2cc(F)cc(F)c2)c1. The van der Waals surface area contributed by atoms with Gasteiger partial charge in [0.05, 0.1) is 0 Å². The molecule has 0 fully saturated rings. The van der Waals surface area contributed by atoms with Gasteiger partial charge in [0, 0.05) is 88.0 Å². The molecule has 12 rings (SSSR count). The molecule has 0 amide bonds. The summed E-state index contributed by atoms with van der Waals surface area (Å²) in [5.74, 6) is -25.0. The zero-order valence-corrected chi connectivity index (χ0v) is 47.2. The Hall–Kier alpha value is -11.2. The molecule has 0 radical (unpaired) electrons. The van der Waals surface area contributed by atoms with Crippen LogP contribution in [0.4, 0.5) is 79.0 Å². The third-order valence-electron chi connectivity index (χ3n) is 14.6. The summed E-state index contributed by atoms with van der Waals surface area (Å²) < 4.78 is 300. The van der Waals surface area contributed by atoms with Crippen LogP contribution in [0.5, 0.6) is 17.2 Å². The van der Waals surface area contributed by atoms with Gasteiger partial charge in [-0.3, -0.25) is 0 Å². The van der Waals surface area contributed by atoms with Crippen LogP contribution in [0.1, 0.15) is 0 Å². The van der Waals surface area contributed by atoms with Crippen LogP contribution in [0.15, 0.2) is 200 Å². The Morgan fingerprint density at radius 1 is 0.160 bits per heavy atom.